The lowest BCUT2D eigenvalue weighted by molar-refractivity contribution is -0.247. The molecule has 2 aliphatic carbocycles. The zero-order valence-corrected chi connectivity index (χ0v) is 22.0. The molecule has 2 spiro atoms. The van der Waals surface area contributed by atoms with Gasteiger partial charge in [-0.3, -0.25) is 4.79 Å². The lowest BCUT2D eigenvalue weighted by atomic mass is 9.94. The molecule has 2 N–H and O–H groups in total. The van der Waals surface area contributed by atoms with E-state index in [1.165, 1.54) is 0 Å². The van der Waals surface area contributed by atoms with Crippen LogP contribution in [0.5, 0.6) is 5.88 Å². The number of carbonyl (C=O) groups is 1. The summed E-state index contributed by atoms with van der Waals surface area (Å²) in [6, 6.07) is 3.45. The number of azo groups is 1. The number of rotatable bonds is 2. The van der Waals surface area contributed by atoms with Crippen molar-refractivity contribution in [2.45, 2.75) is 113 Å². The Kier molecular flexibility index (Phi) is 6.06. The van der Waals surface area contributed by atoms with E-state index in [0.717, 1.165) is 69.8 Å². The number of halogens is 1. The van der Waals surface area contributed by atoms with E-state index in [1.807, 2.05) is 6.92 Å². The summed E-state index contributed by atoms with van der Waals surface area (Å²) in [4.78, 5) is 16.4. The van der Waals surface area contributed by atoms with Crippen molar-refractivity contribution in [2.24, 2.45) is 10.2 Å². The number of nitrogens with zero attached hydrogens (tertiary/aromatic N) is 2. The third kappa shape index (κ3) is 4.08. The molecule has 5 fully saturated rings. The van der Waals surface area contributed by atoms with Crippen LogP contribution in [0.15, 0.2) is 22.4 Å². The molecule has 0 bridgehead atoms. The second-order valence-electron chi connectivity index (χ2n) is 11.2. The molecular formula is C27H32ClN3O7. The van der Waals surface area contributed by atoms with Crippen LogP contribution in [-0.2, 0) is 28.5 Å². The van der Waals surface area contributed by atoms with E-state index in [0.29, 0.717) is 15.9 Å². The van der Waals surface area contributed by atoms with Crippen molar-refractivity contribution in [3.8, 4) is 5.88 Å². The van der Waals surface area contributed by atoms with Gasteiger partial charge >= 0.3 is 0 Å². The van der Waals surface area contributed by atoms with Gasteiger partial charge in [-0.2, -0.15) is 0 Å². The first-order valence-electron chi connectivity index (χ1n) is 13.7. The van der Waals surface area contributed by atoms with E-state index in [1.54, 1.807) is 12.1 Å². The van der Waals surface area contributed by atoms with Gasteiger partial charge < -0.3 is 33.8 Å². The molecule has 1 amide bonds. The van der Waals surface area contributed by atoms with Crippen LogP contribution < -0.4 is 0 Å². The van der Waals surface area contributed by atoms with E-state index in [2.05, 4.69) is 15.2 Å². The van der Waals surface area contributed by atoms with Crippen LogP contribution in [0.1, 0.15) is 69.8 Å². The molecule has 11 heteroatoms. The summed E-state index contributed by atoms with van der Waals surface area (Å²) in [6.45, 7) is 1.87. The first-order chi connectivity index (χ1) is 18.4. The van der Waals surface area contributed by atoms with Crippen molar-refractivity contribution < 1.29 is 33.6 Å². The summed E-state index contributed by atoms with van der Waals surface area (Å²) < 4.78 is 32.2. The van der Waals surface area contributed by atoms with Gasteiger partial charge in [-0.05, 0) is 50.3 Å². The second-order valence-corrected chi connectivity index (χ2v) is 11.7. The minimum absolute atomic E-state index is 0.137. The second kappa shape index (κ2) is 9.25. The van der Waals surface area contributed by atoms with E-state index in [-0.39, 0.29) is 11.6 Å². The van der Waals surface area contributed by atoms with E-state index in [4.69, 9.17) is 35.3 Å². The number of ether oxygens (including phenoxy) is 5. The Bertz CT molecular complexity index is 1280. The normalized spacial score (nSPS) is 33.8. The zero-order valence-electron chi connectivity index (χ0n) is 21.3. The highest BCUT2D eigenvalue weighted by molar-refractivity contribution is 6.31. The molecule has 2 saturated carbocycles. The van der Waals surface area contributed by atoms with Gasteiger partial charge in [0, 0.05) is 36.1 Å². The summed E-state index contributed by atoms with van der Waals surface area (Å²) in [5.74, 6) is -2.29. The van der Waals surface area contributed by atoms with Crippen LogP contribution in [0.2, 0.25) is 5.02 Å². The number of aryl methyl sites for hydroxylation is 1. The van der Waals surface area contributed by atoms with Gasteiger partial charge in [0.15, 0.2) is 29.7 Å². The summed E-state index contributed by atoms with van der Waals surface area (Å²) in [5.41, 5.74) is 1.65. The molecule has 2 aromatic rings. The number of hydrogen-bond acceptors (Lipinski definition) is 8. The number of benzene rings is 1. The maximum absolute atomic E-state index is 13.5. The summed E-state index contributed by atoms with van der Waals surface area (Å²) in [7, 11) is 0. The van der Waals surface area contributed by atoms with Crippen LogP contribution in [0.25, 0.3) is 10.9 Å². The Morgan fingerprint density at radius 2 is 1.58 bits per heavy atom. The molecule has 5 aliphatic rings. The predicted octanol–water partition coefficient (Wildman–Crippen LogP) is 5.69. The van der Waals surface area contributed by atoms with Crippen LogP contribution in [-0.4, -0.2) is 58.3 Å². The molecule has 10 nitrogen and oxygen atoms in total. The number of amides is 1. The first kappa shape index (κ1) is 24.9. The standard InChI is InChI=1S/C27H32ClN3O7/c1-14-12-15(28)13-16-17(14)29-23(32)18(16)30-31-24(33)21-19-20(36-26(35-19)8-4-2-5-9-26)22-25(34-21)38-27(37-22)10-6-3-7-11-27/h12-13,19-22,25,29,32H,2-11H2,1H3. The van der Waals surface area contributed by atoms with Crippen LogP contribution in [0.4, 0.5) is 5.69 Å². The fraction of sp³-hybridized carbons (Fsp3) is 0.667. The van der Waals surface area contributed by atoms with Crippen molar-refractivity contribution in [3.63, 3.8) is 0 Å². The molecule has 4 heterocycles. The van der Waals surface area contributed by atoms with E-state index >= 15 is 0 Å². The minimum Gasteiger partial charge on any atom is -0.493 e. The maximum Gasteiger partial charge on any atom is 0.296 e. The zero-order chi connectivity index (χ0) is 26.1. The topological polar surface area (TPSA) is 124 Å². The van der Waals surface area contributed by atoms with Gasteiger partial charge in [0.05, 0.1) is 5.52 Å². The molecule has 5 unspecified atom stereocenters. The number of carbonyl (C=O) groups excluding carboxylic acids is 1. The highest BCUT2D eigenvalue weighted by atomic mass is 35.5. The molecule has 1 aromatic heterocycles. The highest BCUT2D eigenvalue weighted by Crippen LogP contribution is 2.51. The molecule has 38 heavy (non-hydrogen) atoms. The predicted molar refractivity (Wildman–Crippen MR) is 135 cm³/mol. The fourth-order valence-corrected chi connectivity index (χ4v) is 7.09. The van der Waals surface area contributed by atoms with Gasteiger partial charge in [-0.25, -0.2) is 0 Å². The van der Waals surface area contributed by atoms with Gasteiger partial charge in [0.1, 0.15) is 18.3 Å². The summed E-state index contributed by atoms with van der Waals surface area (Å²) in [5, 5.41) is 19.6. The third-order valence-electron chi connectivity index (χ3n) is 8.62. The van der Waals surface area contributed by atoms with E-state index < -0.39 is 48.2 Å². The number of fused-ring (bicyclic) bond motifs is 4. The number of aromatic hydroxyl groups is 1. The Labute approximate surface area is 225 Å². The van der Waals surface area contributed by atoms with Crippen molar-refractivity contribution in [1.82, 2.24) is 4.98 Å². The molecule has 1 aromatic carbocycles. The van der Waals surface area contributed by atoms with Crippen LogP contribution in [0.3, 0.4) is 0 Å². The lowest BCUT2D eigenvalue weighted by Crippen LogP contribution is -2.57. The van der Waals surface area contributed by atoms with Gasteiger partial charge in [0.2, 0.25) is 5.88 Å². The number of aromatic nitrogens is 1. The molecule has 5 atom stereocenters. The Hall–Kier alpha value is -2.08. The quantitative estimate of drug-likeness (QED) is 0.464. The average molecular weight is 546 g/mol. The molecule has 0 radical (unpaired) electrons. The Morgan fingerprint density at radius 3 is 2.29 bits per heavy atom. The van der Waals surface area contributed by atoms with Crippen molar-refractivity contribution in [3.05, 3.63) is 22.7 Å². The molecular weight excluding hydrogens is 514 g/mol. The molecule has 3 aliphatic heterocycles. The average Bonchev–Trinajstić information content (AvgIpc) is 3.54. The molecule has 3 saturated heterocycles. The number of hydrogen-bond donors (Lipinski definition) is 2. The smallest absolute Gasteiger partial charge is 0.296 e. The van der Waals surface area contributed by atoms with Crippen LogP contribution in [0, 0.1) is 6.92 Å². The first-order valence-corrected chi connectivity index (χ1v) is 14.1. The fourth-order valence-electron chi connectivity index (χ4n) is 6.81. The Balaban J connectivity index is 1.19. The third-order valence-corrected chi connectivity index (χ3v) is 8.84. The highest BCUT2D eigenvalue weighted by Gasteiger charge is 2.65. The van der Waals surface area contributed by atoms with Gasteiger partial charge in [0.25, 0.3) is 5.91 Å². The largest absolute Gasteiger partial charge is 0.493 e. The van der Waals surface area contributed by atoms with Crippen molar-refractivity contribution in [2.75, 3.05) is 0 Å². The maximum atomic E-state index is 13.5. The minimum atomic E-state index is -1.08. The lowest BCUT2D eigenvalue weighted by Gasteiger charge is -2.35. The van der Waals surface area contributed by atoms with Gasteiger partial charge in [-0.15, -0.1) is 10.2 Å². The van der Waals surface area contributed by atoms with Crippen molar-refractivity contribution >= 4 is 34.1 Å². The Morgan fingerprint density at radius 1 is 0.947 bits per heavy atom. The molecule has 204 valence electrons. The number of H-pyrrole nitrogens is 1. The van der Waals surface area contributed by atoms with Crippen LogP contribution >= 0.6 is 11.6 Å². The monoisotopic (exact) mass is 545 g/mol. The SMILES string of the molecule is Cc1cc(Cl)cc2c(N=NC(=O)C3OC4OC5(CCCCC5)OC4C4OC5(CCCCC5)OC34)c(O)[nH]c12. The number of aromatic amines is 1. The summed E-state index contributed by atoms with van der Waals surface area (Å²) in [6.07, 6.45) is 5.85. The van der Waals surface area contributed by atoms with Crippen molar-refractivity contribution in [1.29, 1.82) is 0 Å². The van der Waals surface area contributed by atoms with E-state index in [9.17, 15) is 9.90 Å². The number of nitrogens with one attached hydrogen (secondary N) is 1. The molecule has 7 rings (SSSR count). The van der Waals surface area contributed by atoms with Gasteiger partial charge in [-0.1, -0.05) is 24.4 Å². The summed E-state index contributed by atoms with van der Waals surface area (Å²) >= 11 is 6.22.